The first-order valence-electron chi connectivity index (χ1n) is 7.78. The topological polar surface area (TPSA) is 54.0 Å². The molecule has 1 atom stereocenters. The van der Waals surface area contributed by atoms with E-state index in [4.69, 9.17) is 0 Å². The van der Waals surface area contributed by atoms with E-state index in [0.717, 1.165) is 19.0 Å². The number of anilines is 1. The summed E-state index contributed by atoms with van der Waals surface area (Å²) in [4.78, 5) is 16.2. The number of hydrogen-bond acceptors (Lipinski definition) is 3. The SMILES string of the molecule is CCCCCCC(C)NC(=O)c1cc(F)cnc1NCC. The standard InChI is InChI=1S/C16H26FN3O/c1-4-6-7-8-9-12(3)20-16(21)14-10-13(17)11-19-15(14)18-5-2/h10-12H,4-9H2,1-3H3,(H,18,19)(H,20,21). The molecule has 2 N–H and O–H groups in total. The summed E-state index contributed by atoms with van der Waals surface area (Å²) in [6.45, 7) is 6.68. The summed E-state index contributed by atoms with van der Waals surface area (Å²) in [6, 6.07) is 1.30. The zero-order valence-corrected chi connectivity index (χ0v) is 13.2. The van der Waals surface area contributed by atoms with Gasteiger partial charge in [0, 0.05) is 12.6 Å². The Hall–Kier alpha value is -1.65. The highest BCUT2D eigenvalue weighted by Crippen LogP contribution is 2.14. The molecule has 1 amide bonds. The van der Waals surface area contributed by atoms with Crippen molar-refractivity contribution in [3.05, 3.63) is 23.6 Å². The smallest absolute Gasteiger partial charge is 0.255 e. The minimum atomic E-state index is -0.502. The molecule has 0 aliphatic rings. The molecule has 5 heteroatoms. The highest BCUT2D eigenvalue weighted by molar-refractivity contribution is 5.98. The van der Waals surface area contributed by atoms with Crippen molar-refractivity contribution in [3.63, 3.8) is 0 Å². The summed E-state index contributed by atoms with van der Waals surface area (Å²) >= 11 is 0. The van der Waals surface area contributed by atoms with E-state index in [-0.39, 0.29) is 17.5 Å². The number of carbonyl (C=O) groups is 1. The third-order valence-corrected chi connectivity index (χ3v) is 3.31. The molecule has 1 unspecified atom stereocenters. The van der Waals surface area contributed by atoms with Crippen LogP contribution in [-0.4, -0.2) is 23.5 Å². The maximum absolute atomic E-state index is 13.3. The van der Waals surface area contributed by atoms with Crippen LogP contribution in [0.5, 0.6) is 0 Å². The van der Waals surface area contributed by atoms with Crippen LogP contribution in [0.2, 0.25) is 0 Å². The third-order valence-electron chi connectivity index (χ3n) is 3.31. The van der Waals surface area contributed by atoms with Crippen LogP contribution in [0.15, 0.2) is 12.3 Å². The van der Waals surface area contributed by atoms with Crippen molar-refractivity contribution >= 4 is 11.7 Å². The minimum Gasteiger partial charge on any atom is -0.370 e. The van der Waals surface area contributed by atoms with Gasteiger partial charge in [-0.05, 0) is 26.3 Å². The molecule has 1 rings (SSSR count). The fourth-order valence-corrected chi connectivity index (χ4v) is 2.17. The lowest BCUT2D eigenvalue weighted by molar-refractivity contribution is 0.0938. The van der Waals surface area contributed by atoms with E-state index in [0.29, 0.717) is 12.4 Å². The predicted octanol–water partition coefficient (Wildman–Crippen LogP) is 3.74. The Balaban J connectivity index is 2.59. The quantitative estimate of drug-likeness (QED) is 0.682. The molecule has 0 saturated heterocycles. The predicted molar refractivity (Wildman–Crippen MR) is 84.0 cm³/mol. The Bertz CT molecular complexity index is 451. The molecule has 0 spiro atoms. The summed E-state index contributed by atoms with van der Waals surface area (Å²) < 4.78 is 13.3. The molecule has 21 heavy (non-hydrogen) atoms. The summed E-state index contributed by atoms with van der Waals surface area (Å²) in [5.74, 6) is -0.354. The van der Waals surface area contributed by atoms with Gasteiger partial charge in [0.15, 0.2) is 0 Å². The Morgan fingerprint density at radius 1 is 1.33 bits per heavy atom. The monoisotopic (exact) mass is 295 g/mol. The van der Waals surface area contributed by atoms with Crippen LogP contribution in [0.4, 0.5) is 10.2 Å². The highest BCUT2D eigenvalue weighted by atomic mass is 19.1. The number of hydrogen-bond donors (Lipinski definition) is 2. The largest absolute Gasteiger partial charge is 0.370 e. The molecule has 1 heterocycles. The van der Waals surface area contributed by atoms with Gasteiger partial charge in [-0.25, -0.2) is 9.37 Å². The molecule has 118 valence electrons. The van der Waals surface area contributed by atoms with E-state index >= 15 is 0 Å². The Morgan fingerprint density at radius 3 is 2.76 bits per heavy atom. The number of amides is 1. The molecular formula is C16H26FN3O. The molecular weight excluding hydrogens is 269 g/mol. The van der Waals surface area contributed by atoms with Gasteiger partial charge >= 0.3 is 0 Å². The number of nitrogens with one attached hydrogen (secondary N) is 2. The minimum absolute atomic E-state index is 0.0760. The number of halogens is 1. The lowest BCUT2D eigenvalue weighted by Crippen LogP contribution is -2.33. The lowest BCUT2D eigenvalue weighted by Gasteiger charge is -2.15. The first-order chi connectivity index (χ1) is 10.1. The molecule has 0 aromatic carbocycles. The molecule has 0 saturated carbocycles. The van der Waals surface area contributed by atoms with Gasteiger partial charge in [0.1, 0.15) is 11.6 Å². The van der Waals surface area contributed by atoms with E-state index in [1.807, 2.05) is 13.8 Å². The van der Waals surface area contributed by atoms with Crippen molar-refractivity contribution in [1.29, 1.82) is 0 Å². The van der Waals surface area contributed by atoms with Gasteiger partial charge in [0.05, 0.1) is 11.8 Å². The highest BCUT2D eigenvalue weighted by Gasteiger charge is 2.15. The van der Waals surface area contributed by atoms with Crippen molar-refractivity contribution < 1.29 is 9.18 Å². The Labute approximate surface area is 126 Å². The average Bonchev–Trinajstić information content (AvgIpc) is 2.45. The number of aromatic nitrogens is 1. The molecule has 0 bridgehead atoms. The van der Waals surface area contributed by atoms with Gasteiger partial charge < -0.3 is 10.6 Å². The molecule has 1 aromatic heterocycles. The maximum Gasteiger partial charge on any atom is 0.255 e. The van der Waals surface area contributed by atoms with E-state index < -0.39 is 5.82 Å². The second-order valence-corrected chi connectivity index (χ2v) is 5.30. The van der Waals surface area contributed by atoms with Crippen molar-refractivity contribution in [2.45, 2.75) is 58.9 Å². The maximum atomic E-state index is 13.3. The van der Waals surface area contributed by atoms with Crippen LogP contribution in [0.1, 0.15) is 63.2 Å². The third kappa shape index (κ3) is 6.10. The second-order valence-electron chi connectivity index (χ2n) is 5.30. The van der Waals surface area contributed by atoms with Crippen LogP contribution < -0.4 is 10.6 Å². The number of nitrogens with zero attached hydrogens (tertiary/aromatic N) is 1. The number of rotatable bonds is 9. The van der Waals surface area contributed by atoms with Crippen molar-refractivity contribution in [3.8, 4) is 0 Å². The van der Waals surface area contributed by atoms with Gasteiger partial charge in [-0.15, -0.1) is 0 Å². The molecule has 0 fully saturated rings. The molecule has 1 aromatic rings. The van der Waals surface area contributed by atoms with Crippen LogP contribution in [0, 0.1) is 5.82 Å². The van der Waals surface area contributed by atoms with Crippen molar-refractivity contribution in [2.24, 2.45) is 0 Å². The molecule has 0 aliphatic heterocycles. The molecule has 0 radical (unpaired) electrons. The second kappa shape index (κ2) is 9.32. The number of carbonyl (C=O) groups excluding carboxylic acids is 1. The van der Waals surface area contributed by atoms with Gasteiger partial charge in [-0.1, -0.05) is 32.6 Å². The van der Waals surface area contributed by atoms with Crippen molar-refractivity contribution in [2.75, 3.05) is 11.9 Å². The fourth-order valence-electron chi connectivity index (χ4n) is 2.17. The summed E-state index contributed by atoms with van der Waals surface area (Å²) in [5.41, 5.74) is 0.261. The van der Waals surface area contributed by atoms with Gasteiger partial charge in [-0.2, -0.15) is 0 Å². The summed E-state index contributed by atoms with van der Waals surface area (Å²) in [6.07, 6.45) is 6.74. The zero-order chi connectivity index (χ0) is 15.7. The Morgan fingerprint density at radius 2 is 2.10 bits per heavy atom. The first kappa shape index (κ1) is 17.4. The van der Waals surface area contributed by atoms with E-state index in [2.05, 4.69) is 22.5 Å². The van der Waals surface area contributed by atoms with Crippen LogP contribution >= 0.6 is 0 Å². The van der Waals surface area contributed by atoms with Crippen LogP contribution in [-0.2, 0) is 0 Å². The molecule has 4 nitrogen and oxygen atoms in total. The zero-order valence-electron chi connectivity index (χ0n) is 13.2. The molecule has 0 aliphatic carbocycles. The lowest BCUT2D eigenvalue weighted by atomic mass is 10.1. The van der Waals surface area contributed by atoms with Gasteiger partial charge in [0.25, 0.3) is 5.91 Å². The van der Waals surface area contributed by atoms with E-state index in [1.165, 1.54) is 25.3 Å². The van der Waals surface area contributed by atoms with E-state index in [1.54, 1.807) is 0 Å². The van der Waals surface area contributed by atoms with E-state index in [9.17, 15) is 9.18 Å². The van der Waals surface area contributed by atoms with Gasteiger partial charge in [0.2, 0.25) is 0 Å². The van der Waals surface area contributed by atoms with Gasteiger partial charge in [-0.3, -0.25) is 4.79 Å². The summed E-state index contributed by atoms with van der Waals surface area (Å²) in [5, 5.41) is 5.89. The first-order valence-corrected chi connectivity index (χ1v) is 7.78. The average molecular weight is 295 g/mol. The number of unbranched alkanes of at least 4 members (excludes halogenated alkanes) is 3. The van der Waals surface area contributed by atoms with Crippen LogP contribution in [0.25, 0.3) is 0 Å². The summed E-state index contributed by atoms with van der Waals surface area (Å²) in [7, 11) is 0. The normalized spacial score (nSPS) is 12.0. The van der Waals surface area contributed by atoms with Crippen LogP contribution in [0.3, 0.4) is 0 Å². The Kier molecular flexibility index (Phi) is 7.72. The number of pyridine rings is 1. The van der Waals surface area contributed by atoms with Crippen molar-refractivity contribution in [1.82, 2.24) is 10.3 Å². The fraction of sp³-hybridized carbons (Fsp3) is 0.625.